The molecule has 0 aromatic carbocycles. The van der Waals surface area contributed by atoms with Gasteiger partial charge in [0, 0.05) is 0 Å². The topological polar surface area (TPSA) is 64.6 Å². The highest BCUT2D eigenvalue weighted by Gasteiger charge is 2.50. The summed E-state index contributed by atoms with van der Waals surface area (Å²) in [6.07, 6.45) is -0.279. The Morgan fingerprint density at radius 3 is 2.35 bits per heavy atom. The fraction of sp³-hybridized carbons (Fsp3) is 0.857. The second-order valence-corrected chi connectivity index (χ2v) is 11.6. The Kier molecular flexibility index (Phi) is 5.02. The molecule has 0 aromatic rings. The molecular formula is C14H27NO4Si. The van der Waals surface area contributed by atoms with Crippen LogP contribution in [0.3, 0.4) is 0 Å². The molecule has 0 spiro atoms. The van der Waals surface area contributed by atoms with Crippen LogP contribution in [0.1, 0.15) is 34.6 Å². The van der Waals surface area contributed by atoms with Crippen LogP contribution in [-0.2, 0) is 18.8 Å². The molecule has 5 nitrogen and oxygen atoms in total. The normalized spacial score (nSPS) is 24.6. The summed E-state index contributed by atoms with van der Waals surface area (Å²) in [7, 11) is -1.96. The summed E-state index contributed by atoms with van der Waals surface area (Å²) in [6, 6.07) is -0.567. The van der Waals surface area contributed by atoms with Crippen molar-refractivity contribution in [2.75, 3.05) is 6.61 Å². The van der Waals surface area contributed by atoms with E-state index < -0.39 is 20.3 Å². The Labute approximate surface area is 122 Å². The highest BCUT2D eigenvalue weighted by molar-refractivity contribution is 6.74. The Morgan fingerprint density at radius 1 is 1.40 bits per heavy atom. The quantitative estimate of drug-likeness (QED) is 0.480. The molecule has 1 heterocycles. The second-order valence-electron chi connectivity index (χ2n) is 6.85. The summed E-state index contributed by atoms with van der Waals surface area (Å²) in [6.45, 7) is 14.7. The largest absolute Gasteiger partial charge is 0.464 e. The van der Waals surface area contributed by atoms with Gasteiger partial charge in [-0.2, -0.15) is 0 Å². The maximum Gasteiger partial charge on any atom is 0.329 e. The minimum Gasteiger partial charge on any atom is -0.464 e. The summed E-state index contributed by atoms with van der Waals surface area (Å²) in [5.74, 6) is -0.944. The third kappa shape index (κ3) is 3.41. The van der Waals surface area contributed by atoms with Crippen molar-refractivity contribution in [2.24, 2.45) is 5.92 Å². The number of carbonyl (C=O) groups excluding carboxylic acids is 2. The zero-order chi connectivity index (χ0) is 15.7. The van der Waals surface area contributed by atoms with Crippen LogP contribution < -0.4 is 5.32 Å². The minimum atomic E-state index is -1.96. The standard InChI is InChI=1S/C14H27NO4Si/c1-8-18-13(17)11-10(12(16)15-11)9(2)19-20(6,7)14(3,4)5/h9-11H,8H2,1-7H3,(H,15,16)/t9-,10-,11+/m1/s1. The van der Waals surface area contributed by atoms with Gasteiger partial charge in [-0.25, -0.2) is 4.79 Å². The van der Waals surface area contributed by atoms with Crippen LogP contribution in [0.25, 0.3) is 0 Å². The van der Waals surface area contributed by atoms with Gasteiger partial charge in [-0.05, 0) is 32.0 Å². The molecule has 0 aromatic heterocycles. The van der Waals surface area contributed by atoms with Crippen molar-refractivity contribution in [3.05, 3.63) is 0 Å². The first-order valence-electron chi connectivity index (χ1n) is 7.16. The summed E-state index contributed by atoms with van der Waals surface area (Å²) < 4.78 is 11.2. The highest BCUT2D eigenvalue weighted by Crippen LogP contribution is 2.39. The van der Waals surface area contributed by atoms with Gasteiger partial charge in [-0.1, -0.05) is 20.8 Å². The number of β-lactam (4-membered cyclic amide) rings is 1. The van der Waals surface area contributed by atoms with E-state index in [1.807, 2.05) is 6.92 Å². The monoisotopic (exact) mass is 301 g/mol. The summed E-state index contributed by atoms with van der Waals surface area (Å²) in [5, 5.41) is 2.68. The maximum absolute atomic E-state index is 11.8. The smallest absolute Gasteiger partial charge is 0.329 e. The summed E-state index contributed by atoms with van der Waals surface area (Å²) in [5.41, 5.74) is 0. The van der Waals surface area contributed by atoms with E-state index in [0.717, 1.165) is 0 Å². The van der Waals surface area contributed by atoms with Gasteiger partial charge >= 0.3 is 5.97 Å². The van der Waals surface area contributed by atoms with Crippen LogP contribution in [0.4, 0.5) is 0 Å². The van der Waals surface area contributed by atoms with E-state index in [2.05, 4.69) is 39.2 Å². The molecular weight excluding hydrogens is 274 g/mol. The molecule has 20 heavy (non-hydrogen) atoms. The van der Waals surface area contributed by atoms with Crippen molar-refractivity contribution in [1.82, 2.24) is 5.32 Å². The first kappa shape index (κ1) is 17.2. The second kappa shape index (κ2) is 5.85. The minimum absolute atomic E-state index is 0.0703. The lowest BCUT2D eigenvalue weighted by Crippen LogP contribution is -2.67. The molecule has 1 rings (SSSR count). The summed E-state index contributed by atoms with van der Waals surface area (Å²) in [4.78, 5) is 23.5. The molecule has 1 aliphatic rings. The lowest BCUT2D eigenvalue weighted by molar-refractivity contribution is -0.161. The molecule has 3 atom stereocenters. The fourth-order valence-electron chi connectivity index (χ4n) is 2.03. The van der Waals surface area contributed by atoms with Crippen LogP contribution in [0.2, 0.25) is 18.1 Å². The van der Waals surface area contributed by atoms with E-state index in [1.165, 1.54) is 0 Å². The molecule has 0 radical (unpaired) electrons. The highest BCUT2D eigenvalue weighted by atomic mass is 28.4. The lowest BCUT2D eigenvalue weighted by atomic mass is 9.86. The first-order valence-corrected chi connectivity index (χ1v) is 10.1. The van der Waals surface area contributed by atoms with E-state index in [0.29, 0.717) is 6.61 Å². The molecule has 1 amide bonds. The van der Waals surface area contributed by atoms with E-state index in [1.54, 1.807) is 6.92 Å². The zero-order valence-corrected chi connectivity index (χ0v) is 14.6. The number of nitrogens with one attached hydrogen (secondary N) is 1. The SMILES string of the molecule is CCOC(=O)[C@H]1NC(=O)[C@@H]1[C@@H](C)O[Si](C)(C)C(C)(C)C. The van der Waals surface area contributed by atoms with Gasteiger partial charge in [0.1, 0.15) is 6.04 Å². The molecule has 116 valence electrons. The Morgan fingerprint density at radius 2 is 1.95 bits per heavy atom. The van der Waals surface area contributed by atoms with Crippen molar-refractivity contribution in [3.8, 4) is 0 Å². The Bertz CT molecular complexity index is 389. The Hall–Kier alpha value is -0.883. The molecule has 0 bridgehead atoms. The molecule has 0 unspecified atom stereocenters. The van der Waals surface area contributed by atoms with E-state index >= 15 is 0 Å². The van der Waals surface area contributed by atoms with Gasteiger partial charge in [0.05, 0.1) is 18.6 Å². The number of hydrogen-bond acceptors (Lipinski definition) is 4. The average Bonchev–Trinajstić information content (AvgIpc) is 2.23. The van der Waals surface area contributed by atoms with Crippen LogP contribution in [0.5, 0.6) is 0 Å². The van der Waals surface area contributed by atoms with Gasteiger partial charge < -0.3 is 14.5 Å². The van der Waals surface area contributed by atoms with E-state index in [4.69, 9.17) is 9.16 Å². The van der Waals surface area contributed by atoms with E-state index in [-0.39, 0.29) is 23.0 Å². The van der Waals surface area contributed by atoms with Crippen LogP contribution in [0.15, 0.2) is 0 Å². The van der Waals surface area contributed by atoms with Gasteiger partial charge in [0.15, 0.2) is 8.32 Å². The number of hydrogen-bond donors (Lipinski definition) is 1. The van der Waals surface area contributed by atoms with Crippen LogP contribution >= 0.6 is 0 Å². The van der Waals surface area contributed by atoms with Gasteiger partial charge in [0.2, 0.25) is 5.91 Å². The summed E-state index contributed by atoms with van der Waals surface area (Å²) >= 11 is 0. The lowest BCUT2D eigenvalue weighted by Gasteiger charge is -2.44. The van der Waals surface area contributed by atoms with Crippen LogP contribution in [0, 0.1) is 5.92 Å². The third-order valence-electron chi connectivity index (χ3n) is 4.29. The molecule has 0 saturated carbocycles. The van der Waals surface area contributed by atoms with Crippen molar-refractivity contribution < 1.29 is 18.8 Å². The van der Waals surface area contributed by atoms with Crippen molar-refractivity contribution in [3.63, 3.8) is 0 Å². The zero-order valence-electron chi connectivity index (χ0n) is 13.6. The van der Waals surface area contributed by atoms with Crippen LogP contribution in [-0.4, -0.2) is 38.9 Å². The number of carbonyl (C=O) groups is 2. The number of esters is 1. The Balaban J connectivity index is 2.73. The van der Waals surface area contributed by atoms with Crippen molar-refractivity contribution in [1.29, 1.82) is 0 Å². The molecule has 1 N–H and O–H groups in total. The number of rotatable bonds is 5. The molecule has 1 aliphatic heterocycles. The predicted octanol–water partition coefficient (Wildman–Crippen LogP) is 2.07. The van der Waals surface area contributed by atoms with Crippen molar-refractivity contribution in [2.45, 2.75) is 64.9 Å². The van der Waals surface area contributed by atoms with Gasteiger partial charge in [-0.15, -0.1) is 0 Å². The third-order valence-corrected chi connectivity index (χ3v) is 8.87. The fourth-order valence-corrected chi connectivity index (χ4v) is 3.46. The maximum atomic E-state index is 11.8. The average molecular weight is 301 g/mol. The van der Waals surface area contributed by atoms with Gasteiger partial charge in [-0.3, -0.25) is 4.79 Å². The first-order chi connectivity index (χ1) is 9.01. The predicted molar refractivity (Wildman–Crippen MR) is 79.8 cm³/mol. The molecule has 1 fully saturated rings. The molecule has 1 saturated heterocycles. The van der Waals surface area contributed by atoms with E-state index in [9.17, 15) is 9.59 Å². The number of amides is 1. The molecule has 6 heteroatoms. The van der Waals surface area contributed by atoms with Crippen molar-refractivity contribution >= 4 is 20.2 Å². The number of ether oxygens (including phenoxy) is 1. The van der Waals surface area contributed by atoms with Gasteiger partial charge in [0.25, 0.3) is 0 Å². The molecule has 0 aliphatic carbocycles.